The highest BCUT2D eigenvalue weighted by Gasteiger charge is 2.32. The van der Waals surface area contributed by atoms with E-state index >= 15 is 0 Å². The number of benzene rings is 1. The van der Waals surface area contributed by atoms with Crippen molar-refractivity contribution in [1.29, 1.82) is 0 Å². The number of aryl methyl sites for hydroxylation is 1. The maximum atomic E-state index is 13.3. The van der Waals surface area contributed by atoms with Gasteiger partial charge in [-0.15, -0.1) is 0 Å². The van der Waals surface area contributed by atoms with Crippen molar-refractivity contribution in [3.05, 3.63) is 35.4 Å². The van der Waals surface area contributed by atoms with E-state index in [1.807, 2.05) is 31.2 Å². The van der Waals surface area contributed by atoms with Gasteiger partial charge in [0.1, 0.15) is 24.7 Å². The van der Waals surface area contributed by atoms with Gasteiger partial charge < -0.3 is 25.0 Å². The quantitative estimate of drug-likeness (QED) is 0.322. The predicted octanol–water partition coefficient (Wildman–Crippen LogP) is 3.51. The molecule has 0 saturated carbocycles. The molecule has 0 aliphatic carbocycles. The molecule has 0 radical (unpaired) electrons. The van der Waals surface area contributed by atoms with Crippen LogP contribution in [0.3, 0.4) is 0 Å². The van der Waals surface area contributed by atoms with Gasteiger partial charge in [-0.25, -0.2) is 4.79 Å². The minimum Gasteiger partial charge on any atom is -0.468 e. The fourth-order valence-electron chi connectivity index (χ4n) is 3.41. The molecule has 35 heavy (non-hydrogen) atoms. The Morgan fingerprint density at radius 1 is 0.943 bits per heavy atom. The summed E-state index contributed by atoms with van der Waals surface area (Å²) in [4.78, 5) is 51.7. The van der Waals surface area contributed by atoms with Crippen LogP contribution in [0, 0.1) is 0 Å². The van der Waals surface area contributed by atoms with Gasteiger partial charge in [-0.1, -0.05) is 57.4 Å². The Morgan fingerprint density at radius 2 is 1.60 bits per heavy atom. The van der Waals surface area contributed by atoms with Crippen LogP contribution in [0.4, 0.5) is 4.79 Å². The molecular formula is C26H41N3O6. The zero-order valence-corrected chi connectivity index (χ0v) is 21.9. The number of rotatable bonds is 13. The Labute approximate surface area is 208 Å². The second kappa shape index (κ2) is 15.0. The highest BCUT2D eigenvalue weighted by Crippen LogP contribution is 2.23. The standard InChI is InChI=1S/C26H41N3O6/c1-7-9-10-11-16-29(21(30)17-28-25(33)35-26(3,4)5)23(24(32)27-18-22(31)34-6)20-14-12-19(8-2)13-15-20/h12-15,23H,7-11,16-18H2,1-6H3,(H,27,32)(H,28,33). The molecule has 1 aromatic carbocycles. The van der Waals surface area contributed by atoms with Crippen molar-refractivity contribution in [3.8, 4) is 0 Å². The Bertz CT molecular complexity index is 832. The van der Waals surface area contributed by atoms with E-state index in [4.69, 9.17) is 4.74 Å². The summed E-state index contributed by atoms with van der Waals surface area (Å²) < 4.78 is 9.85. The maximum absolute atomic E-state index is 13.3. The number of carbonyl (C=O) groups excluding carboxylic acids is 4. The lowest BCUT2D eigenvalue weighted by Crippen LogP contribution is -2.48. The largest absolute Gasteiger partial charge is 0.468 e. The van der Waals surface area contributed by atoms with Gasteiger partial charge in [-0.05, 0) is 44.7 Å². The number of hydrogen-bond acceptors (Lipinski definition) is 6. The van der Waals surface area contributed by atoms with Gasteiger partial charge >= 0.3 is 12.1 Å². The monoisotopic (exact) mass is 491 g/mol. The lowest BCUT2D eigenvalue weighted by atomic mass is 10.0. The summed E-state index contributed by atoms with van der Waals surface area (Å²) in [6, 6.07) is 6.48. The van der Waals surface area contributed by atoms with E-state index in [1.54, 1.807) is 20.8 Å². The van der Waals surface area contributed by atoms with Crippen LogP contribution in [0.5, 0.6) is 0 Å². The zero-order chi connectivity index (χ0) is 26.4. The molecule has 0 aliphatic rings. The number of unbranched alkanes of at least 4 members (excludes halogenated alkanes) is 3. The number of nitrogens with one attached hydrogen (secondary N) is 2. The molecule has 9 nitrogen and oxygen atoms in total. The molecule has 196 valence electrons. The molecule has 0 spiro atoms. The van der Waals surface area contributed by atoms with E-state index in [2.05, 4.69) is 22.3 Å². The van der Waals surface area contributed by atoms with Gasteiger partial charge in [-0.3, -0.25) is 14.4 Å². The third-order valence-electron chi connectivity index (χ3n) is 5.25. The van der Waals surface area contributed by atoms with Gasteiger partial charge in [-0.2, -0.15) is 0 Å². The summed E-state index contributed by atoms with van der Waals surface area (Å²) in [6.45, 7) is 9.00. The van der Waals surface area contributed by atoms with E-state index in [0.717, 1.165) is 31.2 Å². The third kappa shape index (κ3) is 11.2. The predicted molar refractivity (Wildman–Crippen MR) is 134 cm³/mol. The number of hydrogen-bond donors (Lipinski definition) is 2. The summed E-state index contributed by atoms with van der Waals surface area (Å²) in [5, 5.41) is 5.06. The van der Waals surface area contributed by atoms with Crippen molar-refractivity contribution in [2.24, 2.45) is 0 Å². The molecule has 0 saturated heterocycles. The number of nitrogens with zero attached hydrogens (tertiary/aromatic N) is 1. The molecule has 1 atom stereocenters. The summed E-state index contributed by atoms with van der Waals surface area (Å²) in [6.07, 6.45) is 3.73. The second-order valence-corrected chi connectivity index (χ2v) is 9.29. The summed E-state index contributed by atoms with van der Waals surface area (Å²) >= 11 is 0. The number of alkyl carbamates (subject to hydrolysis) is 1. The van der Waals surface area contributed by atoms with E-state index in [1.165, 1.54) is 12.0 Å². The van der Waals surface area contributed by atoms with Gasteiger partial charge in [0.2, 0.25) is 11.8 Å². The molecule has 1 aromatic rings. The smallest absolute Gasteiger partial charge is 0.408 e. The molecule has 1 rings (SSSR count). The van der Waals surface area contributed by atoms with Crippen molar-refractivity contribution in [3.63, 3.8) is 0 Å². The maximum Gasteiger partial charge on any atom is 0.408 e. The second-order valence-electron chi connectivity index (χ2n) is 9.29. The summed E-state index contributed by atoms with van der Waals surface area (Å²) in [7, 11) is 1.24. The Kier molecular flexibility index (Phi) is 12.8. The molecule has 3 amide bonds. The molecule has 0 aliphatic heterocycles. The average molecular weight is 492 g/mol. The first-order chi connectivity index (χ1) is 16.5. The van der Waals surface area contributed by atoms with Crippen LogP contribution in [-0.4, -0.2) is 61.1 Å². The Hall–Kier alpha value is -3.10. The molecular weight excluding hydrogens is 450 g/mol. The lowest BCUT2D eigenvalue weighted by molar-refractivity contribution is -0.143. The Balaban J connectivity index is 3.20. The van der Waals surface area contributed by atoms with Crippen molar-refractivity contribution < 1.29 is 28.7 Å². The van der Waals surface area contributed by atoms with Gasteiger partial charge in [0, 0.05) is 6.54 Å². The molecule has 9 heteroatoms. The van der Waals surface area contributed by atoms with Crippen molar-refractivity contribution in [1.82, 2.24) is 15.5 Å². The highest BCUT2D eigenvalue weighted by molar-refractivity contribution is 5.91. The molecule has 0 heterocycles. The van der Waals surface area contributed by atoms with Crippen LogP contribution in [0.2, 0.25) is 0 Å². The van der Waals surface area contributed by atoms with Crippen LogP contribution in [-0.2, 0) is 30.3 Å². The number of amides is 3. The number of methoxy groups -OCH3 is 1. The van der Waals surface area contributed by atoms with Crippen molar-refractivity contribution in [2.45, 2.75) is 78.4 Å². The highest BCUT2D eigenvalue weighted by atomic mass is 16.6. The van der Waals surface area contributed by atoms with Crippen molar-refractivity contribution in [2.75, 3.05) is 26.7 Å². The average Bonchev–Trinajstić information content (AvgIpc) is 2.81. The summed E-state index contributed by atoms with van der Waals surface area (Å²) in [5.74, 6) is -1.52. The van der Waals surface area contributed by atoms with Crippen LogP contribution in [0.1, 0.15) is 77.5 Å². The lowest BCUT2D eigenvalue weighted by Gasteiger charge is -2.32. The van der Waals surface area contributed by atoms with Gasteiger partial charge in [0.25, 0.3) is 0 Å². The van der Waals surface area contributed by atoms with Crippen LogP contribution in [0.25, 0.3) is 0 Å². The van der Waals surface area contributed by atoms with Crippen LogP contribution in [0.15, 0.2) is 24.3 Å². The fraction of sp³-hybridized carbons (Fsp3) is 0.615. The van der Waals surface area contributed by atoms with E-state index in [-0.39, 0.29) is 13.1 Å². The zero-order valence-electron chi connectivity index (χ0n) is 21.9. The summed E-state index contributed by atoms with van der Waals surface area (Å²) in [5.41, 5.74) is 1.00. The van der Waals surface area contributed by atoms with Crippen LogP contribution >= 0.6 is 0 Å². The molecule has 2 N–H and O–H groups in total. The molecule has 0 bridgehead atoms. The van der Waals surface area contributed by atoms with Gasteiger partial charge in [0.15, 0.2) is 0 Å². The van der Waals surface area contributed by atoms with Crippen molar-refractivity contribution >= 4 is 23.9 Å². The van der Waals surface area contributed by atoms with E-state index < -0.39 is 35.5 Å². The number of esters is 1. The molecule has 0 fully saturated rings. The number of ether oxygens (including phenoxy) is 2. The minimum absolute atomic E-state index is 0.313. The Morgan fingerprint density at radius 3 is 2.14 bits per heavy atom. The van der Waals surface area contributed by atoms with E-state index in [0.29, 0.717) is 18.5 Å². The topological polar surface area (TPSA) is 114 Å². The van der Waals surface area contributed by atoms with Crippen LogP contribution < -0.4 is 10.6 Å². The molecule has 1 unspecified atom stereocenters. The normalized spacial score (nSPS) is 11.8. The first kappa shape index (κ1) is 29.9. The molecule has 0 aromatic heterocycles. The fourth-order valence-corrected chi connectivity index (χ4v) is 3.41. The van der Waals surface area contributed by atoms with E-state index in [9.17, 15) is 19.2 Å². The SMILES string of the molecule is CCCCCCN(C(=O)CNC(=O)OC(C)(C)C)C(C(=O)NCC(=O)OC)c1ccc(CC)cc1. The van der Waals surface area contributed by atoms with Gasteiger partial charge in [0.05, 0.1) is 7.11 Å². The third-order valence-corrected chi connectivity index (χ3v) is 5.25. The first-order valence-corrected chi connectivity index (χ1v) is 12.2. The number of carbonyl (C=O) groups is 4. The minimum atomic E-state index is -0.972. The first-order valence-electron chi connectivity index (χ1n) is 12.2.